The quantitative estimate of drug-likeness (QED) is 0.803. The minimum absolute atomic E-state index is 0.0641. The molecule has 3 rings (SSSR count). The fourth-order valence-corrected chi connectivity index (χ4v) is 3.63. The highest BCUT2D eigenvalue weighted by atomic mass is 32.2. The fraction of sp³-hybridized carbons (Fsp3) is 0.278. The lowest BCUT2D eigenvalue weighted by Crippen LogP contribution is -2.25. The molecule has 2 aromatic carbocycles. The Morgan fingerprint density at radius 1 is 1.15 bits per heavy atom. The maximum atomic E-state index is 12.5. The molecule has 2 aromatic rings. The first-order valence-corrected chi connectivity index (χ1v) is 9.54. The SMILES string of the molecule is COc1ccc(C(=O)NCc2ccc3c(c2)OCO3)cc1S(=O)(=O)N(C)C. The Morgan fingerprint density at radius 3 is 2.59 bits per heavy atom. The summed E-state index contributed by atoms with van der Waals surface area (Å²) in [4.78, 5) is 12.4. The molecule has 1 amide bonds. The Kier molecular flexibility index (Phi) is 5.24. The van der Waals surface area contributed by atoms with Gasteiger partial charge in [0.2, 0.25) is 16.8 Å². The van der Waals surface area contributed by atoms with E-state index in [1.165, 1.54) is 39.4 Å². The number of carbonyl (C=O) groups is 1. The number of benzene rings is 2. The van der Waals surface area contributed by atoms with Gasteiger partial charge >= 0.3 is 0 Å². The number of nitrogens with zero attached hydrogens (tertiary/aromatic N) is 1. The van der Waals surface area contributed by atoms with Gasteiger partial charge in [0.1, 0.15) is 10.6 Å². The molecule has 0 saturated heterocycles. The summed E-state index contributed by atoms with van der Waals surface area (Å²) in [6.07, 6.45) is 0. The van der Waals surface area contributed by atoms with Gasteiger partial charge in [0.15, 0.2) is 11.5 Å². The molecule has 0 spiro atoms. The van der Waals surface area contributed by atoms with Crippen molar-refractivity contribution in [3.05, 3.63) is 47.5 Å². The Hall–Kier alpha value is -2.78. The van der Waals surface area contributed by atoms with E-state index in [1.807, 2.05) is 6.07 Å². The lowest BCUT2D eigenvalue weighted by molar-refractivity contribution is 0.0950. The van der Waals surface area contributed by atoms with Gasteiger partial charge in [-0.05, 0) is 35.9 Å². The van der Waals surface area contributed by atoms with Crippen LogP contribution < -0.4 is 19.5 Å². The molecule has 8 nitrogen and oxygen atoms in total. The molecule has 0 atom stereocenters. The highest BCUT2D eigenvalue weighted by molar-refractivity contribution is 7.89. The number of nitrogens with one attached hydrogen (secondary N) is 1. The number of carbonyl (C=O) groups excluding carboxylic acids is 1. The molecule has 0 bridgehead atoms. The number of rotatable bonds is 6. The second-order valence-electron chi connectivity index (χ2n) is 6.02. The van der Waals surface area contributed by atoms with Crippen molar-refractivity contribution in [1.29, 1.82) is 0 Å². The number of amides is 1. The number of hydrogen-bond acceptors (Lipinski definition) is 6. The zero-order valence-corrected chi connectivity index (χ0v) is 16.0. The first-order chi connectivity index (χ1) is 12.8. The maximum Gasteiger partial charge on any atom is 0.251 e. The van der Waals surface area contributed by atoms with Gasteiger partial charge in [-0.15, -0.1) is 0 Å². The number of sulfonamides is 1. The standard InChI is InChI=1S/C18H20N2O6S/c1-20(2)27(22,23)17-9-13(5-7-15(17)24-3)18(21)19-10-12-4-6-14-16(8-12)26-11-25-14/h4-9H,10-11H2,1-3H3,(H,19,21). The van der Waals surface area contributed by atoms with Crippen molar-refractivity contribution in [3.63, 3.8) is 0 Å². The first kappa shape index (κ1) is 19.0. The van der Waals surface area contributed by atoms with E-state index in [2.05, 4.69) is 5.32 Å². The molecular formula is C18H20N2O6S. The van der Waals surface area contributed by atoms with Crippen LogP contribution in [0.4, 0.5) is 0 Å². The van der Waals surface area contributed by atoms with Crippen LogP contribution in [0.2, 0.25) is 0 Å². The third-order valence-electron chi connectivity index (χ3n) is 4.07. The molecule has 1 aliphatic heterocycles. The van der Waals surface area contributed by atoms with Gasteiger partial charge in [0.25, 0.3) is 5.91 Å². The van der Waals surface area contributed by atoms with Crippen molar-refractivity contribution in [1.82, 2.24) is 9.62 Å². The second-order valence-corrected chi connectivity index (χ2v) is 8.14. The lowest BCUT2D eigenvalue weighted by Gasteiger charge is -2.15. The van der Waals surface area contributed by atoms with E-state index in [1.54, 1.807) is 12.1 Å². The van der Waals surface area contributed by atoms with E-state index in [4.69, 9.17) is 14.2 Å². The average molecular weight is 392 g/mol. The minimum Gasteiger partial charge on any atom is -0.495 e. The summed E-state index contributed by atoms with van der Waals surface area (Å²) in [5.74, 6) is 1.07. The maximum absolute atomic E-state index is 12.5. The molecule has 0 aromatic heterocycles. The number of fused-ring (bicyclic) bond motifs is 1. The third-order valence-corrected chi connectivity index (χ3v) is 5.91. The predicted octanol–water partition coefficient (Wildman–Crippen LogP) is 1.60. The van der Waals surface area contributed by atoms with Gasteiger partial charge in [-0.3, -0.25) is 4.79 Å². The molecule has 0 saturated carbocycles. The van der Waals surface area contributed by atoms with Crippen LogP contribution >= 0.6 is 0 Å². The molecule has 9 heteroatoms. The van der Waals surface area contributed by atoms with Gasteiger partial charge in [-0.25, -0.2) is 12.7 Å². The van der Waals surface area contributed by atoms with Crippen LogP contribution in [-0.2, 0) is 16.6 Å². The highest BCUT2D eigenvalue weighted by Gasteiger charge is 2.24. The monoisotopic (exact) mass is 392 g/mol. The molecule has 0 radical (unpaired) electrons. The van der Waals surface area contributed by atoms with E-state index < -0.39 is 15.9 Å². The largest absolute Gasteiger partial charge is 0.495 e. The number of hydrogen-bond donors (Lipinski definition) is 1. The van der Waals surface area contributed by atoms with Gasteiger partial charge < -0.3 is 19.5 Å². The van der Waals surface area contributed by atoms with Gasteiger partial charge in [0.05, 0.1) is 7.11 Å². The van der Waals surface area contributed by atoms with E-state index >= 15 is 0 Å². The summed E-state index contributed by atoms with van der Waals surface area (Å²) >= 11 is 0. The van der Waals surface area contributed by atoms with E-state index in [0.29, 0.717) is 11.5 Å². The normalized spacial score (nSPS) is 12.9. The zero-order chi connectivity index (χ0) is 19.6. The van der Waals surface area contributed by atoms with Crippen molar-refractivity contribution in [2.24, 2.45) is 0 Å². The molecular weight excluding hydrogens is 372 g/mol. The molecule has 27 heavy (non-hydrogen) atoms. The number of methoxy groups -OCH3 is 1. The summed E-state index contributed by atoms with van der Waals surface area (Å²) in [5, 5.41) is 2.77. The Morgan fingerprint density at radius 2 is 1.89 bits per heavy atom. The fourth-order valence-electron chi connectivity index (χ4n) is 2.55. The molecule has 1 N–H and O–H groups in total. The molecule has 0 aliphatic carbocycles. The summed E-state index contributed by atoms with van der Waals surface area (Å²) in [6, 6.07) is 9.68. The molecule has 0 unspecified atom stereocenters. The predicted molar refractivity (Wildman–Crippen MR) is 97.6 cm³/mol. The first-order valence-electron chi connectivity index (χ1n) is 8.10. The van der Waals surface area contributed by atoms with Crippen LogP contribution in [0.5, 0.6) is 17.2 Å². The van der Waals surface area contributed by atoms with E-state index in [0.717, 1.165) is 9.87 Å². The summed E-state index contributed by atoms with van der Waals surface area (Å²) < 4.78 is 41.7. The van der Waals surface area contributed by atoms with Crippen LogP contribution in [0.1, 0.15) is 15.9 Å². The molecule has 1 heterocycles. The lowest BCUT2D eigenvalue weighted by atomic mass is 10.1. The molecule has 144 valence electrons. The van der Waals surface area contributed by atoms with Crippen LogP contribution in [0.25, 0.3) is 0 Å². The molecule has 1 aliphatic rings. The average Bonchev–Trinajstić information content (AvgIpc) is 3.13. The van der Waals surface area contributed by atoms with Crippen LogP contribution in [0.3, 0.4) is 0 Å². The smallest absolute Gasteiger partial charge is 0.251 e. The van der Waals surface area contributed by atoms with Gasteiger partial charge in [0, 0.05) is 26.2 Å². The van der Waals surface area contributed by atoms with Crippen molar-refractivity contribution >= 4 is 15.9 Å². The zero-order valence-electron chi connectivity index (χ0n) is 15.2. The Bertz CT molecular complexity index is 972. The van der Waals surface area contributed by atoms with Crippen molar-refractivity contribution in [3.8, 4) is 17.2 Å². The topological polar surface area (TPSA) is 94.2 Å². The number of ether oxygens (including phenoxy) is 3. The van der Waals surface area contributed by atoms with E-state index in [9.17, 15) is 13.2 Å². The highest BCUT2D eigenvalue weighted by Crippen LogP contribution is 2.32. The van der Waals surface area contributed by atoms with Gasteiger partial charge in [-0.2, -0.15) is 0 Å². The Balaban J connectivity index is 1.79. The summed E-state index contributed by atoms with van der Waals surface area (Å²) in [5.41, 5.74) is 1.05. The van der Waals surface area contributed by atoms with Crippen LogP contribution in [0.15, 0.2) is 41.3 Å². The van der Waals surface area contributed by atoms with Crippen molar-refractivity contribution in [2.45, 2.75) is 11.4 Å². The van der Waals surface area contributed by atoms with Crippen molar-refractivity contribution in [2.75, 3.05) is 28.0 Å². The summed E-state index contributed by atoms with van der Waals surface area (Å²) in [6.45, 7) is 0.442. The van der Waals surface area contributed by atoms with Gasteiger partial charge in [-0.1, -0.05) is 6.07 Å². The molecule has 0 fully saturated rings. The van der Waals surface area contributed by atoms with Crippen molar-refractivity contribution < 1.29 is 27.4 Å². The van der Waals surface area contributed by atoms with Crippen LogP contribution in [-0.4, -0.2) is 46.6 Å². The third kappa shape index (κ3) is 3.83. The summed E-state index contributed by atoms with van der Waals surface area (Å²) in [7, 11) is 0.462. The van der Waals surface area contributed by atoms with Crippen LogP contribution in [0, 0.1) is 0 Å². The minimum atomic E-state index is -3.75. The Labute approximate surface area is 157 Å². The second kappa shape index (κ2) is 7.45. The van der Waals surface area contributed by atoms with E-state index in [-0.39, 0.29) is 29.5 Å².